The number of imide groups is 2. The number of benzene rings is 3. The van der Waals surface area contributed by atoms with Crippen LogP contribution < -0.4 is 19.7 Å². The number of hydrogen-bond acceptors (Lipinski definition) is 6. The minimum Gasteiger partial charge on any atom is -0.493 e. The molecule has 0 spiro atoms. The number of carbonyl (C=O) groups is 4. The van der Waals surface area contributed by atoms with Gasteiger partial charge in [0.25, 0.3) is 11.8 Å². The molecule has 1 aliphatic rings. The number of amides is 4. The largest absolute Gasteiger partial charge is 0.493 e. The second kappa shape index (κ2) is 10.6. The van der Waals surface area contributed by atoms with Gasteiger partial charge in [-0.1, -0.05) is 30.3 Å². The summed E-state index contributed by atoms with van der Waals surface area (Å²) in [6.07, 6.45) is 1.21. The molecular weight excluding hydrogens is 464 g/mol. The van der Waals surface area contributed by atoms with Crippen LogP contribution in [0.2, 0.25) is 0 Å². The van der Waals surface area contributed by atoms with Crippen molar-refractivity contribution in [3.05, 3.63) is 95.1 Å². The molecule has 0 aromatic heterocycles. The zero-order valence-electron chi connectivity index (χ0n) is 19.3. The van der Waals surface area contributed by atoms with Crippen LogP contribution >= 0.6 is 0 Å². The molecule has 3 aromatic carbocycles. The summed E-state index contributed by atoms with van der Waals surface area (Å²) in [5.74, 6) is -2.11. The summed E-state index contributed by atoms with van der Waals surface area (Å²) in [5, 5.41) is 11.5. The molecule has 0 atom stereocenters. The highest BCUT2D eigenvalue weighted by Gasteiger charge is 2.37. The monoisotopic (exact) mass is 486 g/mol. The Morgan fingerprint density at radius 3 is 2.36 bits per heavy atom. The summed E-state index contributed by atoms with van der Waals surface area (Å²) in [6, 6.07) is 19.1. The highest BCUT2D eigenvalue weighted by atomic mass is 16.5. The van der Waals surface area contributed by atoms with E-state index in [0.717, 1.165) is 10.5 Å². The van der Waals surface area contributed by atoms with E-state index >= 15 is 0 Å². The van der Waals surface area contributed by atoms with Gasteiger partial charge in [0.1, 0.15) is 23.7 Å². The number of carboxylic acids is 1. The van der Waals surface area contributed by atoms with Gasteiger partial charge in [-0.2, -0.15) is 0 Å². The van der Waals surface area contributed by atoms with Crippen LogP contribution in [0.1, 0.15) is 28.4 Å². The van der Waals surface area contributed by atoms with Gasteiger partial charge in [0.2, 0.25) is 0 Å². The third kappa shape index (κ3) is 5.25. The number of carboxylic acid groups (broad SMARTS) is 1. The van der Waals surface area contributed by atoms with Crippen molar-refractivity contribution in [1.29, 1.82) is 0 Å². The summed E-state index contributed by atoms with van der Waals surface area (Å²) < 4.78 is 11.3. The Labute approximate surface area is 206 Å². The lowest BCUT2D eigenvalue weighted by atomic mass is 10.0. The van der Waals surface area contributed by atoms with E-state index in [1.807, 2.05) is 30.3 Å². The van der Waals surface area contributed by atoms with Gasteiger partial charge in [-0.15, -0.1) is 0 Å². The maximum absolute atomic E-state index is 13.2. The molecule has 0 aliphatic carbocycles. The Morgan fingerprint density at radius 2 is 1.69 bits per heavy atom. The quantitative estimate of drug-likeness (QED) is 0.364. The second-order valence-electron chi connectivity index (χ2n) is 7.72. The molecule has 4 rings (SSSR count). The number of barbiturate groups is 1. The lowest BCUT2D eigenvalue weighted by Gasteiger charge is -2.26. The Kier molecular flexibility index (Phi) is 7.10. The van der Waals surface area contributed by atoms with Crippen LogP contribution in [0.15, 0.2) is 78.4 Å². The number of nitrogens with zero attached hydrogens (tertiary/aromatic N) is 1. The van der Waals surface area contributed by atoms with Crippen molar-refractivity contribution in [2.45, 2.75) is 13.5 Å². The Hall–Kier alpha value is -4.92. The van der Waals surface area contributed by atoms with Crippen molar-refractivity contribution in [2.75, 3.05) is 11.5 Å². The maximum Gasteiger partial charge on any atom is 0.335 e. The zero-order chi connectivity index (χ0) is 25.7. The molecule has 0 radical (unpaired) electrons. The van der Waals surface area contributed by atoms with Crippen molar-refractivity contribution < 1.29 is 33.8 Å². The predicted molar refractivity (Wildman–Crippen MR) is 131 cm³/mol. The first-order valence-electron chi connectivity index (χ1n) is 11.1. The minimum absolute atomic E-state index is 0.0482. The first-order chi connectivity index (χ1) is 17.4. The molecule has 0 saturated carbocycles. The maximum atomic E-state index is 13.2. The fraction of sp³-hybridized carbons (Fsp3) is 0.111. The second-order valence-corrected chi connectivity index (χ2v) is 7.72. The van der Waals surface area contributed by atoms with Crippen LogP contribution in [0, 0.1) is 0 Å². The van der Waals surface area contributed by atoms with E-state index in [2.05, 4.69) is 5.32 Å². The lowest BCUT2D eigenvalue weighted by molar-refractivity contribution is -0.122. The SMILES string of the molecule is CCOc1ccc(C(=O)O)cc1C=C1C(=O)NC(=O)N(c2ccc(OCc3ccccc3)cc2)C1=O. The molecule has 0 bridgehead atoms. The van der Waals surface area contributed by atoms with Crippen molar-refractivity contribution in [3.63, 3.8) is 0 Å². The molecule has 4 amide bonds. The molecule has 2 N–H and O–H groups in total. The van der Waals surface area contributed by atoms with Gasteiger partial charge in [0, 0.05) is 5.56 Å². The number of urea groups is 1. The van der Waals surface area contributed by atoms with Gasteiger partial charge < -0.3 is 14.6 Å². The van der Waals surface area contributed by atoms with Crippen molar-refractivity contribution in [3.8, 4) is 11.5 Å². The van der Waals surface area contributed by atoms with Crippen LogP contribution in [-0.4, -0.2) is 35.5 Å². The first kappa shape index (κ1) is 24.2. The van der Waals surface area contributed by atoms with Gasteiger partial charge in [-0.3, -0.25) is 14.9 Å². The number of hydrogen-bond donors (Lipinski definition) is 2. The highest BCUT2D eigenvalue weighted by Crippen LogP contribution is 2.28. The number of anilines is 1. The predicted octanol–water partition coefficient (Wildman–Crippen LogP) is 4.03. The standard InChI is InChI=1S/C27H22N2O7/c1-2-35-23-13-8-18(26(32)33)14-19(23)15-22-24(30)28-27(34)29(25(22)31)20-9-11-21(12-10-20)36-16-17-6-4-3-5-7-17/h3-15H,2,16H2,1H3,(H,32,33)(H,28,30,34). The van der Waals surface area contributed by atoms with Crippen LogP contribution in [0.5, 0.6) is 11.5 Å². The lowest BCUT2D eigenvalue weighted by Crippen LogP contribution is -2.54. The van der Waals surface area contributed by atoms with Crippen LogP contribution in [0.3, 0.4) is 0 Å². The van der Waals surface area contributed by atoms with E-state index in [9.17, 15) is 24.3 Å². The molecule has 0 unspecified atom stereocenters. The van der Waals surface area contributed by atoms with Crippen molar-refractivity contribution in [1.82, 2.24) is 5.32 Å². The Bertz CT molecular complexity index is 1350. The molecule has 9 nitrogen and oxygen atoms in total. The van der Waals surface area contributed by atoms with Crippen molar-refractivity contribution in [2.24, 2.45) is 0 Å². The fourth-order valence-corrected chi connectivity index (χ4v) is 3.56. The average Bonchev–Trinajstić information content (AvgIpc) is 2.87. The number of ether oxygens (including phenoxy) is 2. The van der Waals surface area contributed by atoms with E-state index in [0.29, 0.717) is 18.1 Å². The molecule has 182 valence electrons. The summed E-state index contributed by atoms with van der Waals surface area (Å²) in [7, 11) is 0. The summed E-state index contributed by atoms with van der Waals surface area (Å²) >= 11 is 0. The summed E-state index contributed by atoms with van der Waals surface area (Å²) in [5.41, 5.74) is 1.04. The van der Waals surface area contributed by atoms with Crippen LogP contribution in [-0.2, 0) is 16.2 Å². The third-order valence-corrected chi connectivity index (χ3v) is 5.30. The molecule has 3 aromatic rings. The third-order valence-electron chi connectivity index (χ3n) is 5.30. The molecule has 1 aliphatic heterocycles. The molecule has 1 heterocycles. The highest BCUT2D eigenvalue weighted by molar-refractivity contribution is 6.39. The molecule has 36 heavy (non-hydrogen) atoms. The molecule has 1 fully saturated rings. The van der Waals surface area contributed by atoms with Gasteiger partial charge in [-0.25, -0.2) is 14.5 Å². The molecule has 1 saturated heterocycles. The average molecular weight is 486 g/mol. The normalized spacial score (nSPS) is 14.5. The zero-order valence-corrected chi connectivity index (χ0v) is 19.3. The van der Waals surface area contributed by atoms with Crippen molar-refractivity contribution >= 4 is 35.6 Å². The first-order valence-corrected chi connectivity index (χ1v) is 11.1. The number of rotatable bonds is 8. The van der Waals surface area contributed by atoms with E-state index in [1.54, 1.807) is 19.1 Å². The van der Waals surface area contributed by atoms with E-state index < -0.39 is 23.8 Å². The van der Waals surface area contributed by atoms with Gasteiger partial charge in [0.15, 0.2) is 0 Å². The fourth-order valence-electron chi connectivity index (χ4n) is 3.56. The topological polar surface area (TPSA) is 122 Å². The number of carbonyl (C=O) groups excluding carboxylic acids is 3. The van der Waals surface area contributed by atoms with E-state index in [-0.39, 0.29) is 29.0 Å². The smallest absolute Gasteiger partial charge is 0.335 e. The van der Waals surface area contributed by atoms with Crippen LogP contribution in [0.25, 0.3) is 6.08 Å². The minimum atomic E-state index is -1.18. The number of aromatic carboxylic acids is 1. The Balaban J connectivity index is 1.60. The van der Waals surface area contributed by atoms with Gasteiger partial charge >= 0.3 is 12.0 Å². The van der Waals surface area contributed by atoms with E-state index in [4.69, 9.17) is 9.47 Å². The van der Waals surface area contributed by atoms with Gasteiger partial charge in [0.05, 0.1) is 17.9 Å². The van der Waals surface area contributed by atoms with Gasteiger partial charge in [-0.05, 0) is 61.0 Å². The van der Waals surface area contributed by atoms with Crippen LogP contribution in [0.4, 0.5) is 10.5 Å². The van der Waals surface area contributed by atoms with E-state index in [1.165, 1.54) is 36.4 Å². The molecular formula is C27H22N2O7. The molecule has 9 heteroatoms. The Morgan fingerprint density at radius 1 is 0.972 bits per heavy atom. The summed E-state index contributed by atoms with van der Waals surface area (Å²) in [6.45, 7) is 2.38. The number of nitrogens with one attached hydrogen (secondary N) is 1. The summed E-state index contributed by atoms with van der Waals surface area (Å²) in [4.78, 5) is 50.5.